The number of halogens is 4. The largest absolute Gasteiger partial charge is 0.416 e. The summed E-state index contributed by atoms with van der Waals surface area (Å²) < 4.78 is 40.2. The molecule has 10 heteroatoms. The van der Waals surface area contributed by atoms with E-state index < -0.39 is 17.6 Å². The topological polar surface area (TPSA) is 67.1 Å². The quantitative estimate of drug-likeness (QED) is 0.501. The van der Waals surface area contributed by atoms with Crippen molar-refractivity contribution in [1.82, 2.24) is 9.55 Å². The molecule has 0 saturated carbocycles. The summed E-state index contributed by atoms with van der Waals surface area (Å²) in [5.41, 5.74) is 0.739. The van der Waals surface area contributed by atoms with Crippen LogP contribution in [0.15, 0.2) is 59.9 Å². The first kappa shape index (κ1) is 22.2. The number of nitrogens with zero attached hydrogens (tertiary/aromatic N) is 2. The lowest BCUT2D eigenvalue weighted by atomic mass is 10.2. The molecule has 0 aliphatic heterocycles. The fraction of sp³-hybridized carbons (Fsp3) is 0.200. The highest BCUT2D eigenvalue weighted by atomic mass is 35.5. The van der Waals surface area contributed by atoms with E-state index in [9.17, 15) is 23.1 Å². The molecule has 0 aliphatic carbocycles. The molecule has 2 aromatic carbocycles. The van der Waals surface area contributed by atoms with Gasteiger partial charge in [0.2, 0.25) is 5.91 Å². The minimum absolute atomic E-state index is 0.0568. The van der Waals surface area contributed by atoms with Crippen molar-refractivity contribution < 1.29 is 23.1 Å². The summed E-state index contributed by atoms with van der Waals surface area (Å²) in [7, 11) is 0. The number of nitrogens with one attached hydrogen (secondary N) is 1. The van der Waals surface area contributed by atoms with Crippen LogP contribution in [0.3, 0.4) is 0 Å². The number of rotatable bonds is 7. The Morgan fingerprint density at radius 2 is 1.93 bits per heavy atom. The summed E-state index contributed by atoms with van der Waals surface area (Å²) >= 11 is 7.02. The van der Waals surface area contributed by atoms with Crippen LogP contribution in [0, 0.1) is 0 Å². The van der Waals surface area contributed by atoms with Gasteiger partial charge in [0.15, 0.2) is 5.16 Å². The zero-order chi connectivity index (χ0) is 21.7. The second kappa shape index (κ2) is 9.55. The van der Waals surface area contributed by atoms with E-state index >= 15 is 0 Å². The summed E-state index contributed by atoms with van der Waals surface area (Å²) in [6.45, 7) is 0.197. The average Bonchev–Trinajstić information content (AvgIpc) is 3.09. The zero-order valence-corrected chi connectivity index (χ0v) is 17.1. The molecule has 158 valence electrons. The van der Waals surface area contributed by atoms with Gasteiger partial charge in [0.05, 0.1) is 29.8 Å². The van der Waals surface area contributed by atoms with E-state index in [1.807, 2.05) is 12.1 Å². The molecular weight excluding hydrogens is 439 g/mol. The molecule has 0 saturated heterocycles. The molecule has 1 aromatic heterocycles. The monoisotopic (exact) mass is 455 g/mol. The first-order valence-corrected chi connectivity index (χ1v) is 10.1. The molecule has 1 amide bonds. The molecule has 0 bridgehead atoms. The van der Waals surface area contributed by atoms with Crippen molar-refractivity contribution in [3.63, 3.8) is 0 Å². The van der Waals surface area contributed by atoms with Crippen LogP contribution in [0.25, 0.3) is 0 Å². The number of amides is 1. The van der Waals surface area contributed by atoms with E-state index in [-0.39, 0.29) is 18.0 Å². The van der Waals surface area contributed by atoms with Gasteiger partial charge in [-0.2, -0.15) is 13.2 Å². The maximum absolute atomic E-state index is 12.8. The second-order valence-corrected chi connectivity index (χ2v) is 7.70. The molecule has 0 fully saturated rings. The number of imidazole rings is 1. The first-order chi connectivity index (χ1) is 14.3. The lowest BCUT2D eigenvalue weighted by molar-refractivity contribution is -0.137. The van der Waals surface area contributed by atoms with Crippen LogP contribution in [0.4, 0.5) is 18.9 Å². The fourth-order valence-corrected chi connectivity index (χ4v) is 3.60. The number of hydrogen-bond acceptors (Lipinski definition) is 4. The molecule has 3 rings (SSSR count). The van der Waals surface area contributed by atoms with E-state index in [1.54, 1.807) is 16.7 Å². The van der Waals surface area contributed by atoms with Crippen molar-refractivity contribution in [2.45, 2.75) is 24.5 Å². The average molecular weight is 456 g/mol. The number of carbonyl (C=O) groups excluding carboxylic acids is 1. The van der Waals surface area contributed by atoms with Gasteiger partial charge in [-0.25, -0.2) is 4.98 Å². The van der Waals surface area contributed by atoms with Crippen LogP contribution in [-0.2, 0) is 24.1 Å². The van der Waals surface area contributed by atoms with E-state index in [1.165, 1.54) is 18.3 Å². The minimum Gasteiger partial charge on any atom is -0.390 e. The normalized spacial score (nSPS) is 11.5. The van der Waals surface area contributed by atoms with Gasteiger partial charge in [-0.15, -0.1) is 0 Å². The van der Waals surface area contributed by atoms with Crippen molar-refractivity contribution in [1.29, 1.82) is 0 Å². The van der Waals surface area contributed by atoms with Gasteiger partial charge in [-0.3, -0.25) is 4.79 Å². The van der Waals surface area contributed by atoms with Crippen LogP contribution < -0.4 is 5.32 Å². The zero-order valence-electron chi connectivity index (χ0n) is 15.5. The summed E-state index contributed by atoms with van der Waals surface area (Å²) in [5.74, 6) is -0.524. The van der Waals surface area contributed by atoms with Crippen molar-refractivity contribution in [3.05, 3.63) is 76.6 Å². The Morgan fingerprint density at radius 1 is 1.20 bits per heavy atom. The number of carbonyl (C=O) groups is 1. The highest BCUT2D eigenvalue weighted by molar-refractivity contribution is 7.99. The van der Waals surface area contributed by atoms with Crippen molar-refractivity contribution in [2.24, 2.45) is 0 Å². The number of alkyl halides is 3. The molecular formula is C20H17ClF3N3O2S. The van der Waals surface area contributed by atoms with E-state index in [0.717, 1.165) is 29.5 Å². The molecule has 0 spiro atoms. The number of aliphatic hydroxyl groups is 1. The Labute approximate surface area is 179 Å². The Balaban J connectivity index is 1.66. The Hall–Kier alpha value is -2.49. The van der Waals surface area contributed by atoms with E-state index in [2.05, 4.69) is 10.3 Å². The predicted octanol–water partition coefficient (Wildman–Crippen LogP) is 4.83. The number of hydrogen-bond donors (Lipinski definition) is 2. The molecule has 30 heavy (non-hydrogen) atoms. The summed E-state index contributed by atoms with van der Waals surface area (Å²) in [5, 5.41) is 13.1. The van der Waals surface area contributed by atoms with Gasteiger partial charge < -0.3 is 15.0 Å². The van der Waals surface area contributed by atoms with Crippen LogP contribution in [-0.4, -0.2) is 26.3 Å². The van der Waals surface area contributed by atoms with Crippen molar-refractivity contribution in [2.75, 3.05) is 11.1 Å². The van der Waals surface area contributed by atoms with Crippen LogP contribution in [0.1, 0.15) is 16.8 Å². The lowest BCUT2D eigenvalue weighted by Gasteiger charge is -2.12. The highest BCUT2D eigenvalue weighted by Gasteiger charge is 2.30. The number of aliphatic hydroxyl groups excluding tert-OH is 1. The van der Waals surface area contributed by atoms with E-state index in [4.69, 9.17) is 11.6 Å². The number of benzene rings is 2. The van der Waals surface area contributed by atoms with Gasteiger partial charge in [0.25, 0.3) is 0 Å². The molecule has 0 aliphatic rings. The minimum atomic E-state index is -4.48. The molecule has 5 nitrogen and oxygen atoms in total. The molecule has 2 N–H and O–H groups in total. The third kappa shape index (κ3) is 5.78. The predicted molar refractivity (Wildman–Crippen MR) is 110 cm³/mol. The molecule has 3 aromatic rings. The van der Waals surface area contributed by atoms with Crippen LogP contribution in [0.2, 0.25) is 5.02 Å². The Kier molecular flexibility index (Phi) is 7.06. The van der Waals surface area contributed by atoms with Crippen LogP contribution >= 0.6 is 23.4 Å². The van der Waals surface area contributed by atoms with Gasteiger partial charge >= 0.3 is 6.18 Å². The molecule has 0 unspecified atom stereocenters. The lowest BCUT2D eigenvalue weighted by Crippen LogP contribution is -2.16. The van der Waals surface area contributed by atoms with Crippen molar-refractivity contribution in [3.8, 4) is 0 Å². The highest BCUT2D eigenvalue weighted by Crippen LogP contribution is 2.30. The maximum Gasteiger partial charge on any atom is 0.416 e. The van der Waals surface area contributed by atoms with Gasteiger partial charge in [-0.1, -0.05) is 41.6 Å². The van der Waals surface area contributed by atoms with E-state index in [0.29, 0.717) is 22.4 Å². The third-order valence-corrected chi connectivity index (χ3v) is 5.37. The van der Waals surface area contributed by atoms with Gasteiger partial charge in [0.1, 0.15) is 0 Å². The fourth-order valence-electron chi connectivity index (χ4n) is 2.68. The van der Waals surface area contributed by atoms with Crippen molar-refractivity contribution >= 4 is 35.0 Å². The Bertz CT molecular complexity index is 1020. The van der Waals surface area contributed by atoms with Crippen LogP contribution in [0.5, 0.6) is 0 Å². The maximum atomic E-state index is 12.8. The standard InChI is InChI=1S/C20H17ClF3N3O2S/c21-15-6-4-13(5-7-15)10-27-17(11-28)9-25-19(27)30-12-18(29)26-16-3-1-2-14(8-16)20(22,23)24/h1-9,28H,10-12H2,(H,26,29). The summed E-state index contributed by atoms with van der Waals surface area (Å²) in [6, 6.07) is 11.6. The van der Waals surface area contributed by atoms with Gasteiger partial charge in [-0.05, 0) is 35.9 Å². The number of aromatic nitrogens is 2. The molecule has 0 radical (unpaired) electrons. The Morgan fingerprint density at radius 3 is 2.60 bits per heavy atom. The summed E-state index contributed by atoms with van der Waals surface area (Å²) in [6.07, 6.45) is -2.97. The first-order valence-electron chi connectivity index (χ1n) is 8.76. The summed E-state index contributed by atoms with van der Waals surface area (Å²) in [4.78, 5) is 16.5. The number of thioether (sulfide) groups is 1. The molecule has 0 atom stereocenters. The smallest absolute Gasteiger partial charge is 0.390 e. The third-order valence-electron chi connectivity index (χ3n) is 4.12. The van der Waals surface area contributed by atoms with Gasteiger partial charge in [0, 0.05) is 17.3 Å². The number of anilines is 1. The SMILES string of the molecule is O=C(CSc1ncc(CO)n1Cc1ccc(Cl)cc1)Nc1cccc(C(F)(F)F)c1. The molecule has 1 heterocycles. The second-order valence-electron chi connectivity index (χ2n) is 6.32.